The van der Waals surface area contributed by atoms with Crippen molar-refractivity contribution in [2.45, 2.75) is 34.1 Å². The average Bonchev–Trinajstić information content (AvgIpc) is 1.72. The van der Waals surface area contributed by atoms with Crippen molar-refractivity contribution in [1.29, 1.82) is 0 Å². The average molecular weight is 120 g/mol. The quantitative estimate of drug-likeness (QED) is 0.525. The van der Waals surface area contributed by atoms with Crippen molar-refractivity contribution in [2.24, 2.45) is 5.92 Å². The van der Waals surface area contributed by atoms with E-state index in [1.54, 1.807) is 0 Å². The molecule has 0 aromatic heterocycles. The van der Waals surface area contributed by atoms with Gasteiger partial charge in [-0.1, -0.05) is 27.7 Å². The van der Waals surface area contributed by atoms with E-state index >= 15 is 0 Å². The highest BCUT2D eigenvalue weighted by atomic mass is 19.1. The maximum atomic E-state index is 11.2. The Kier molecular flexibility index (Phi) is 13.6. The van der Waals surface area contributed by atoms with Crippen LogP contribution in [-0.4, -0.2) is 6.67 Å². The summed E-state index contributed by atoms with van der Waals surface area (Å²) in [5.41, 5.74) is 0. The van der Waals surface area contributed by atoms with Crippen LogP contribution in [0.2, 0.25) is 0 Å². The summed E-state index contributed by atoms with van der Waals surface area (Å²) in [6, 6.07) is 0. The van der Waals surface area contributed by atoms with Gasteiger partial charge in [-0.05, 0) is 12.3 Å². The van der Waals surface area contributed by atoms with Gasteiger partial charge in [0.2, 0.25) is 0 Å². The van der Waals surface area contributed by atoms with Crippen LogP contribution in [-0.2, 0) is 0 Å². The van der Waals surface area contributed by atoms with Crippen LogP contribution < -0.4 is 0 Å². The third-order valence-corrected chi connectivity index (χ3v) is 0.686. The Morgan fingerprint density at radius 1 is 1.25 bits per heavy atom. The van der Waals surface area contributed by atoms with E-state index < -0.39 is 0 Å². The fourth-order valence-electron chi connectivity index (χ4n) is 0.218. The Morgan fingerprint density at radius 3 is 1.62 bits per heavy atom. The number of rotatable bonds is 2. The van der Waals surface area contributed by atoms with E-state index in [1.807, 2.05) is 27.7 Å². The second-order valence-electron chi connectivity index (χ2n) is 1.87. The van der Waals surface area contributed by atoms with Crippen molar-refractivity contribution in [3.8, 4) is 0 Å². The predicted molar refractivity (Wildman–Crippen MR) is 36.8 cm³/mol. The van der Waals surface area contributed by atoms with Gasteiger partial charge in [0.25, 0.3) is 0 Å². The molecule has 0 N–H and O–H groups in total. The monoisotopic (exact) mass is 120 g/mol. The van der Waals surface area contributed by atoms with Crippen molar-refractivity contribution >= 4 is 0 Å². The van der Waals surface area contributed by atoms with Gasteiger partial charge >= 0.3 is 0 Å². The van der Waals surface area contributed by atoms with Gasteiger partial charge in [-0.25, -0.2) is 0 Å². The van der Waals surface area contributed by atoms with E-state index in [1.165, 1.54) is 0 Å². The minimum absolute atomic E-state index is 0.169. The molecule has 0 fully saturated rings. The molecule has 0 aliphatic heterocycles. The molecule has 52 valence electrons. The van der Waals surface area contributed by atoms with Crippen LogP contribution in [0.1, 0.15) is 34.1 Å². The van der Waals surface area contributed by atoms with Gasteiger partial charge < -0.3 is 0 Å². The first-order valence-corrected chi connectivity index (χ1v) is 3.33. The fourth-order valence-corrected chi connectivity index (χ4v) is 0.218. The molecule has 0 bridgehead atoms. The summed E-state index contributed by atoms with van der Waals surface area (Å²) >= 11 is 0. The summed E-state index contributed by atoms with van der Waals surface area (Å²) in [6.07, 6.45) is 0.708. The second kappa shape index (κ2) is 10.0. The molecule has 0 saturated heterocycles. The van der Waals surface area contributed by atoms with Crippen molar-refractivity contribution in [3.63, 3.8) is 0 Å². The summed E-state index contributed by atoms with van der Waals surface area (Å²) in [5, 5.41) is 0. The van der Waals surface area contributed by atoms with Gasteiger partial charge in [0.05, 0.1) is 6.67 Å². The van der Waals surface area contributed by atoms with Gasteiger partial charge in [-0.3, -0.25) is 4.39 Å². The molecule has 0 aromatic carbocycles. The van der Waals surface area contributed by atoms with Crippen LogP contribution >= 0.6 is 0 Å². The molecular weight excluding hydrogens is 103 g/mol. The molecule has 0 unspecified atom stereocenters. The van der Waals surface area contributed by atoms with Gasteiger partial charge in [0, 0.05) is 0 Å². The van der Waals surface area contributed by atoms with Crippen LogP contribution in [0.3, 0.4) is 0 Å². The molecule has 0 radical (unpaired) electrons. The number of hydrogen-bond donors (Lipinski definition) is 0. The predicted octanol–water partition coefficient (Wildman–Crippen LogP) is 3.03. The lowest BCUT2D eigenvalue weighted by Crippen LogP contribution is -1.85. The Balaban J connectivity index is 0. The van der Waals surface area contributed by atoms with Crippen LogP contribution in [0.5, 0.6) is 0 Å². The molecule has 0 aliphatic carbocycles. The lowest BCUT2D eigenvalue weighted by atomic mass is 10.2. The Labute approximate surface area is 52.1 Å². The normalized spacial score (nSPS) is 8.25. The molecule has 0 amide bonds. The first-order valence-electron chi connectivity index (χ1n) is 3.33. The zero-order valence-electron chi connectivity index (χ0n) is 6.37. The molecule has 0 saturated carbocycles. The summed E-state index contributed by atoms with van der Waals surface area (Å²) < 4.78 is 11.2. The highest BCUT2D eigenvalue weighted by Gasteiger charge is 1.87. The summed E-state index contributed by atoms with van der Waals surface area (Å²) in [6.45, 7) is 7.86. The Morgan fingerprint density at radius 2 is 1.62 bits per heavy atom. The molecule has 0 rings (SSSR count). The minimum Gasteiger partial charge on any atom is -0.251 e. The third kappa shape index (κ3) is 16.8. The molecule has 0 atom stereocenters. The molecule has 0 spiro atoms. The van der Waals surface area contributed by atoms with Crippen LogP contribution in [0.4, 0.5) is 4.39 Å². The molecule has 8 heavy (non-hydrogen) atoms. The smallest absolute Gasteiger partial charge is 0.0896 e. The van der Waals surface area contributed by atoms with E-state index in [9.17, 15) is 4.39 Å². The lowest BCUT2D eigenvalue weighted by molar-refractivity contribution is 0.420. The zero-order chi connectivity index (χ0) is 6.99. The van der Waals surface area contributed by atoms with E-state index in [2.05, 4.69) is 0 Å². The first kappa shape index (κ1) is 10.8. The molecule has 0 nitrogen and oxygen atoms in total. The summed E-state index contributed by atoms with van der Waals surface area (Å²) in [5.74, 6) is 0.523. The second-order valence-corrected chi connectivity index (χ2v) is 1.87. The standard InChI is InChI=1S/C5H11F.C2H6/c1-5(2)3-4-6;1-2/h5H,3-4H2,1-2H3;1-2H3. The van der Waals surface area contributed by atoms with Gasteiger partial charge in [0.1, 0.15) is 0 Å². The third-order valence-electron chi connectivity index (χ3n) is 0.686. The summed E-state index contributed by atoms with van der Waals surface area (Å²) in [4.78, 5) is 0. The van der Waals surface area contributed by atoms with E-state index in [-0.39, 0.29) is 6.67 Å². The van der Waals surface area contributed by atoms with Crippen molar-refractivity contribution in [3.05, 3.63) is 0 Å². The molecular formula is C7H17F. The Hall–Kier alpha value is -0.0700. The molecule has 1 heteroatoms. The van der Waals surface area contributed by atoms with E-state index in [4.69, 9.17) is 0 Å². The SMILES string of the molecule is CC.CC(C)CCF. The lowest BCUT2D eigenvalue weighted by Gasteiger charge is -1.93. The van der Waals surface area contributed by atoms with Crippen LogP contribution in [0, 0.1) is 5.92 Å². The maximum Gasteiger partial charge on any atom is 0.0896 e. The highest BCUT2D eigenvalue weighted by Crippen LogP contribution is 1.96. The highest BCUT2D eigenvalue weighted by molar-refractivity contribution is 4.39. The largest absolute Gasteiger partial charge is 0.251 e. The van der Waals surface area contributed by atoms with Gasteiger partial charge in [-0.2, -0.15) is 0 Å². The van der Waals surface area contributed by atoms with Crippen molar-refractivity contribution in [1.82, 2.24) is 0 Å². The number of halogens is 1. The topological polar surface area (TPSA) is 0 Å². The summed E-state index contributed by atoms with van der Waals surface area (Å²) in [7, 11) is 0. The van der Waals surface area contributed by atoms with Crippen LogP contribution in [0.15, 0.2) is 0 Å². The van der Waals surface area contributed by atoms with Crippen LogP contribution in [0.25, 0.3) is 0 Å². The molecule has 0 heterocycles. The molecule has 0 aliphatic rings. The van der Waals surface area contributed by atoms with E-state index in [0.717, 1.165) is 0 Å². The zero-order valence-corrected chi connectivity index (χ0v) is 6.37. The van der Waals surface area contributed by atoms with Gasteiger partial charge in [-0.15, -0.1) is 0 Å². The number of alkyl halides is 1. The number of hydrogen-bond acceptors (Lipinski definition) is 0. The first-order chi connectivity index (χ1) is 3.77. The Bertz CT molecular complexity index is 25.6. The van der Waals surface area contributed by atoms with E-state index in [0.29, 0.717) is 12.3 Å². The fraction of sp³-hybridized carbons (Fsp3) is 1.00. The maximum absolute atomic E-state index is 11.2. The van der Waals surface area contributed by atoms with Gasteiger partial charge in [0.15, 0.2) is 0 Å². The van der Waals surface area contributed by atoms with Crippen molar-refractivity contribution in [2.75, 3.05) is 6.67 Å². The minimum atomic E-state index is -0.169. The van der Waals surface area contributed by atoms with Crippen molar-refractivity contribution < 1.29 is 4.39 Å². The molecule has 0 aromatic rings.